The van der Waals surface area contributed by atoms with Crippen LogP contribution in [0.15, 0.2) is 59.5 Å². The quantitative estimate of drug-likeness (QED) is 0.855. The Balaban J connectivity index is 1.51. The van der Waals surface area contributed by atoms with Gasteiger partial charge in [0.2, 0.25) is 0 Å². The fourth-order valence-electron chi connectivity index (χ4n) is 2.90. The number of nitrogens with zero attached hydrogens (tertiary/aromatic N) is 3. The predicted molar refractivity (Wildman–Crippen MR) is 99.5 cm³/mol. The number of carbonyl (C=O) groups excluding carboxylic acids is 1. The number of hydrogen-bond acceptors (Lipinski definition) is 3. The zero-order valence-corrected chi connectivity index (χ0v) is 14.5. The van der Waals surface area contributed by atoms with Gasteiger partial charge in [-0.05, 0) is 11.6 Å². The summed E-state index contributed by atoms with van der Waals surface area (Å²) in [5.74, 6) is -0.0582. The van der Waals surface area contributed by atoms with Crippen molar-refractivity contribution in [3.05, 3.63) is 76.2 Å². The van der Waals surface area contributed by atoms with E-state index in [0.29, 0.717) is 18.7 Å². The van der Waals surface area contributed by atoms with E-state index in [-0.39, 0.29) is 11.5 Å². The van der Waals surface area contributed by atoms with Gasteiger partial charge in [0.05, 0.1) is 0 Å². The maximum absolute atomic E-state index is 12.5. The fraction of sp³-hybridized carbons (Fsp3) is 0.300. The van der Waals surface area contributed by atoms with Gasteiger partial charge in [-0.3, -0.25) is 14.5 Å². The molecule has 0 atom stereocenters. The zero-order chi connectivity index (χ0) is 17.6. The van der Waals surface area contributed by atoms with Crippen molar-refractivity contribution in [2.24, 2.45) is 7.05 Å². The molecule has 0 N–H and O–H groups in total. The highest BCUT2D eigenvalue weighted by molar-refractivity contribution is 5.94. The van der Waals surface area contributed by atoms with Crippen LogP contribution in [0.3, 0.4) is 0 Å². The van der Waals surface area contributed by atoms with E-state index in [4.69, 9.17) is 0 Å². The molecule has 0 bridgehead atoms. The third kappa shape index (κ3) is 4.45. The lowest BCUT2D eigenvalue weighted by molar-refractivity contribution is 0.0650. The number of pyridine rings is 1. The lowest BCUT2D eigenvalue weighted by atomic mass is 10.2. The highest BCUT2D eigenvalue weighted by atomic mass is 16.2. The molecule has 1 amide bonds. The van der Waals surface area contributed by atoms with Crippen LogP contribution in [0.5, 0.6) is 0 Å². The molecule has 5 nitrogen and oxygen atoms in total. The summed E-state index contributed by atoms with van der Waals surface area (Å²) in [5, 5.41) is 0. The summed E-state index contributed by atoms with van der Waals surface area (Å²) < 4.78 is 1.47. The van der Waals surface area contributed by atoms with Crippen molar-refractivity contribution >= 4 is 12.0 Å². The summed E-state index contributed by atoms with van der Waals surface area (Å²) in [5.41, 5.74) is 1.51. The van der Waals surface area contributed by atoms with Gasteiger partial charge in [-0.1, -0.05) is 42.5 Å². The van der Waals surface area contributed by atoms with Crippen LogP contribution in [0, 0.1) is 0 Å². The summed E-state index contributed by atoms with van der Waals surface area (Å²) in [6, 6.07) is 13.3. The Morgan fingerprint density at radius 1 is 1.08 bits per heavy atom. The molecule has 25 heavy (non-hydrogen) atoms. The first kappa shape index (κ1) is 17.2. The average molecular weight is 337 g/mol. The Bertz CT molecular complexity index is 803. The van der Waals surface area contributed by atoms with Crippen molar-refractivity contribution in [3.8, 4) is 0 Å². The largest absolute Gasteiger partial charge is 0.336 e. The second-order valence-corrected chi connectivity index (χ2v) is 6.27. The van der Waals surface area contributed by atoms with Crippen LogP contribution < -0.4 is 5.56 Å². The lowest BCUT2D eigenvalue weighted by Gasteiger charge is -2.34. The average Bonchev–Trinajstić information content (AvgIpc) is 2.65. The van der Waals surface area contributed by atoms with Crippen LogP contribution in [0.4, 0.5) is 0 Å². The first-order chi connectivity index (χ1) is 12.1. The first-order valence-corrected chi connectivity index (χ1v) is 8.53. The molecule has 3 rings (SSSR count). The molecule has 1 fully saturated rings. The Morgan fingerprint density at radius 2 is 1.80 bits per heavy atom. The standard InChI is InChI=1S/C20H23N3O2/c1-21-11-9-18(16-19(21)24)20(25)23-14-12-22(13-15-23)10-5-8-17-6-3-2-4-7-17/h2-9,11,16H,10,12-15H2,1H3/b8-5+. The van der Waals surface area contributed by atoms with E-state index in [0.717, 1.165) is 19.6 Å². The van der Waals surface area contributed by atoms with E-state index in [1.165, 1.54) is 16.2 Å². The third-order valence-electron chi connectivity index (χ3n) is 4.48. The number of carbonyl (C=O) groups is 1. The Kier molecular flexibility index (Phi) is 5.46. The topological polar surface area (TPSA) is 45.6 Å². The molecule has 5 heteroatoms. The minimum Gasteiger partial charge on any atom is -0.336 e. The predicted octanol–water partition coefficient (Wildman–Crippen LogP) is 1.86. The van der Waals surface area contributed by atoms with Crippen molar-refractivity contribution in [2.45, 2.75) is 0 Å². The molecule has 0 radical (unpaired) electrons. The zero-order valence-electron chi connectivity index (χ0n) is 14.5. The van der Waals surface area contributed by atoms with E-state index < -0.39 is 0 Å². The number of aryl methyl sites for hydroxylation is 1. The molecule has 0 unspecified atom stereocenters. The second kappa shape index (κ2) is 7.94. The van der Waals surface area contributed by atoms with Crippen LogP contribution in [0.2, 0.25) is 0 Å². The highest BCUT2D eigenvalue weighted by Crippen LogP contribution is 2.08. The van der Waals surface area contributed by atoms with Gasteiger partial charge < -0.3 is 9.47 Å². The van der Waals surface area contributed by atoms with Crippen molar-refractivity contribution in [1.82, 2.24) is 14.4 Å². The first-order valence-electron chi connectivity index (χ1n) is 8.53. The molecule has 1 saturated heterocycles. The van der Waals surface area contributed by atoms with Gasteiger partial charge in [0, 0.05) is 57.6 Å². The van der Waals surface area contributed by atoms with Crippen LogP contribution in [0.1, 0.15) is 15.9 Å². The highest BCUT2D eigenvalue weighted by Gasteiger charge is 2.21. The molecule has 0 aliphatic carbocycles. The van der Waals surface area contributed by atoms with Gasteiger partial charge >= 0.3 is 0 Å². The number of amides is 1. The van der Waals surface area contributed by atoms with Crippen LogP contribution in [-0.2, 0) is 7.05 Å². The molecule has 1 aromatic heterocycles. The van der Waals surface area contributed by atoms with E-state index in [1.54, 1.807) is 19.3 Å². The number of rotatable bonds is 4. The molecule has 2 heterocycles. The molecule has 1 aromatic carbocycles. The number of benzene rings is 1. The van der Waals surface area contributed by atoms with Gasteiger partial charge in [-0.2, -0.15) is 0 Å². The molecule has 1 aliphatic heterocycles. The maximum Gasteiger partial charge on any atom is 0.254 e. The number of aromatic nitrogens is 1. The van der Waals surface area contributed by atoms with Crippen molar-refractivity contribution in [1.29, 1.82) is 0 Å². The lowest BCUT2D eigenvalue weighted by Crippen LogP contribution is -2.48. The third-order valence-corrected chi connectivity index (χ3v) is 4.48. The van der Waals surface area contributed by atoms with E-state index in [1.807, 2.05) is 23.1 Å². The van der Waals surface area contributed by atoms with Crippen molar-refractivity contribution in [2.75, 3.05) is 32.7 Å². The molecule has 2 aromatic rings. The summed E-state index contributed by atoms with van der Waals surface area (Å²) in [6.07, 6.45) is 5.92. The monoisotopic (exact) mass is 337 g/mol. The molecular formula is C20H23N3O2. The van der Waals surface area contributed by atoms with Gasteiger partial charge in [-0.25, -0.2) is 0 Å². The SMILES string of the molecule is Cn1ccc(C(=O)N2CCN(C/C=C/c3ccccc3)CC2)cc1=O. The normalized spacial score (nSPS) is 15.6. The minimum atomic E-state index is -0.157. The van der Waals surface area contributed by atoms with Crippen LogP contribution in [0.25, 0.3) is 6.08 Å². The number of piperazine rings is 1. The summed E-state index contributed by atoms with van der Waals surface area (Å²) in [7, 11) is 1.68. The van der Waals surface area contributed by atoms with E-state index in [9.17, 15) is 9.59 Å². The second-order valence-electron chi connectivity index (χ2n) is 6.27. The minimum absolute atomic E-state index is 0.0582. The van der Waals surface area contributed by atoms with E-state index in [2.05, 4.69) is 29.2 Å². The molecule has 0 saturated carbocycles. The van der Waals surface area contributed by atoms with Gasteiger partial charge in [0.1, 0.15) is 0 Å². The Hall–Kier alpha value is -2.66. The summed E-state index contributed by atoms with van der Waals surface area (Å²) >= 11 is 0. The molecule has 130 valence electrons. The van der Waals surface area contributed by atoms with Crippen LogP contribution >= 0.6 is 0 Å². The number of hydrogen-bond donors (Lipinski definition) is 0. The summed E-state index contributed by atoms with van der Waals surface area (Å²) in [6.45, 7) is 3.94. The van der Waals surface area contributed by atoms with Crippen molar-refractivity contribution in [3.63, 3.8) is 0 Å². The van der Waals surface area contributed by atoms with Gasteiger partial charge in [0.25, 0.3) is 11.5 Å². The van der Waals surface area contributed by atoms with Crippen molar-refractivity contribution < 1.29 is 4.79 Å². The fourth-order valence-corrected chi connectivity index (χ4v) is 2.90. The Labute approximate surface area is 147 Å². The molecule has 0 spiro atoms. The van der Waals surface area contributed by atoms with Crippen LogP contribution in [-0.4, -0.2) is 53.0 Å². The van der Waals surface area contributed by atoms with E-state index >= 15 is 0 Å². The van der Waals surface area contributed by atoms with Gasteiger partial charge in [0.15, 0.2) is 0 Å². The van der Waals surface area contributed by atoms with Gasteiger partial charge in [-0.15, -0.1) is 0 Å². The molecular weight excluding hydrogens is 314 g/mol. The Morgan fingerprint density at radius 3 is 2.48 bits per heavy atom. The summed E-state index contributed by atoms with van der Waals surface area (Å²) in [4.78, 5) is 28.4. The smallest absolute Gasteiger partial charge is 0.254 e. The molecule has 1 aliphatic rings. The maximum atomic E-state index is 12.5.